The minimum absolute atomic E-state index is 0.0814. The Balaban J connectivity index is 2.16. The van der Waals surface area contributed by atoms with Crippen LogP contribution in [0.1, 0.15) is 17.3 Å². The zero-order valence-electron chi connectivity index (χ0n) is 9.97. The van der Waals surface area contributed by atoms with Gasteiger partial charge in [0.2, 0.25) is 0 Å². The molecule has 0 radical (unpaired) electrons. The highest BCUT2D eigenvalue weighted by Gasteiger charge is 2.08. The van der Waals surface area contributed by atoms with Gasteiger partial charge >= 0.3 is 0 Å². The van der Waals surface area contributed by atoms with Gasteiger partial charge in [-0.3, -0.25) is 9.78 Å². The quantitative estimate of drug-likeness (QED) is 0.693. The molecule has 1 N–H and O–H groups in total. The predicted octanol–water partition coefficient (Wildman–Crippen LogP) is 3.43. The molecule has 0 unspecified atom stereocenters. The summed E-state index contributed by atoms with van der Waals surface area (Å²) in [6.07, 6.45) is 5.31. The first-order chi connectivity index (χ1) is 8.75. The van der Waals surface area contributed by atoms with E-state index in [2.05, 4.69) is 16.0 Å². The molecular formula is C15H12N2O. The number of ketones is 1. The van der Waals surface area contributed by atoms with Crippen LogP contribution >= 0.6 is 0 Å². The first kappa shape index (κ1) is 10.7. The third kappa shape index (κ3) is 1.70. The van der Waals surface area contributed by atoms with E-state index >= 15 is 0 Å². The van der Waals surface area contributed by atoms with Crippen LogP contribution in [0, 0.1) is 0 Å². The van der Waals surface area contributed by atoms with Crippen molar-refractivity contribution in [1.29, 1.82) is 0 Å². The number of carbonyl (C=O) groups is 1. The molecule has 0 aliphatic heterocycles. The molecule has 18 heavy (non-hydrogen) atoms. The van der Waals surface area contributed by atoms with E-state index in [0.717, 1.165) is 27.6 Å². The van der Waals surface area contributed by atoms with Crippen molar-refractivity contribution in [3.8, 4) is 11.1 Å². The number of hydrogen-bond donors (Lipinski definition) is 1. The van der Waals surface area contributed by atoms with Crippen LogP contribution in [0.5, 0.6) is 0 Å². The van der Waals surface area contributed by atoms with Crippen LogP contribution in [0.4, 0.5) is 0 Å². The van der Waals surface area contributed by atoms with Gasteiger partial charge < -0.3 is 4.98 Å². The smallest absolute Gasteiger partial charge is 0.161 e. The molecule has 88 valence electrons. The predicted molar refractivity (Wildman–Crippen MR) is 71.5 cm³/mol. The van der Waals surface area contributed by atoms with Crippen molar-refractivity contribution in [2.24, 2.45) is 0 Å². The Morgan fingerprint density at radius 1 is 1.11 bits per heavy atom. The second-order valence-corrected chi connectivity index (χ2v) is 4.25. The monoisotopic (exact) mass is 236 g/mol. The number of H-pyrrole nitrogens is 1. The Bertz CT molecular complexity index is 714. The lowest BCUT2D eigenvalue weighted by Crippen LogP contribution is -1.88. The summed E-state index contributed by atoms with van der Waals surface area (Å²) >= 11 is 0. The Kier molecular flexibility index (Phi) is 2.45. The molecule has 3 heteroatoms. The Labute approximate surface area is 104 Å². The summed E-state index contributed by atoms with van der Waals surface area (Å²) in [5.41, 5.74) is 3.95. The van der Waals surface area contributed by atoms with Crippen LogP contribution in [0.3, 0.4) is 0 Å². The summed E-state index contributed by atoms with van der Waals surface area (Å²) in [5, 5.41) is 0.973. The van der Waals surface area contributed by atoms with Crippen molar-refractivity contribution in [2.45, 2.75) is 6.92 Å². The molecule has 0 fully saturated rings. The number of hydrogen-bond acceptors (Lipinski definition) is 2. The number of aromatic nitrogens is 2. The molecule has 3 rings (SSSR count). The lowest BCUT2D eigenvalue weighted by molar-refractivity contribution is 0.101. The second-order valence-electron chi connectivity index (χ2n) is 4.25. The van der Waals surface area contributed by atoms with Gasteiger partial charge in [-0.2, -0.15) is 0 Å². The van der Waals surface area contributed by atoms with Crippen molar-refractivity contribution in [3.63, 3.8) is 0 Å². The molecule has 0 spiro atoms. The Morgan fingerprint density at radius 3 is 2.61 bits per heavy atom. The Morgan fingerprint density at radius 2 is 1.89 bits per heavy atom. The van der Waals surface area contributed by atoms with Crippen molar-refractivity contribution >= 4 is 16.7 Å². The number of carbonyl (C=O) groups excluding carboxylic acids is 1. The number of rotatable bonds is 2. The van der Waals surface area contributed by atoms with Crippen LogP contribution in [-0.2, 0) is 0 Å². The van der Waals surface area contributed by atoms with Gasteiger partial charge in [-0.05, 0) is 36.2 Å². The topological polar surface area (TPSA) is 45.8 Å². The third-order valence-corrected chi connectivity index (χ3v) is 3.07. The molecule has 3 aromatic rings. The zero-order valence-corrected chi connectivity index (χ0v) is 9.97. The highest BCUT2D eigenvalue weighted by atomic mass is 16.1. The largest absolute Gasteiger partial charge is 0.360 e. The summed E-state index contributed by atoms with van der Waals surface area (Å²) in [4.78, 5) is 18.6. The number of nitrogens with one attached hydrogen (secondary N) is 1. The Hall–Kier alpha value is -2.42. The van der Waals surface area contributed by atoms with E-state index in [9.17, 15) is 4.79 Å². The maximum absolute atomic E-state index is 11.4. The van der Waals surface area contributed by atoms with Gasteiger partial charge in [0.15, 0.2) is 5.78 Å². The molecule has 0 saturated heterocycles. The van der Waals surface area contributed by atoms with Gasteiger partial charge in [0.25, 0.3) is 0 Å². The first-order valence-electron chi connectivity index (χ1n) is 5.78. The number of aromatic amines is 1. The van der Waals surface area contributed by atoms with E-state index in [1.54, 1.807) is 25.5 Å². The van der Waals surface area contributed by atoms with Gasteiger partial charge in [-0.15, -0.1) is 0 Å². The fourth-order valence-corrected chi connectivity index (χ4v) is 2.14. The highest BCUT2D eigenvalue weighted by molar-refractivity contribution is 6.07. The first-order valence-corrected chi connectivity index (χ1v) is 5.78. The van der Waals surface area contributed by atoms with E-state index in [1.165, 1.54) is 0 Å². The fourth-order valence-electron chi connectivity index (χ4n) is 2.14. The molecule has 2 heterocycles. The number of pyridine rings is 1. The van der Waals surface area contributed by atoms with Crippen LogP contribution < -0.4 is 0 Å². The summed E-state index contributed by atoms with van der Waals surface area (Å²) in [6.45, 7) is 1.58. The zero-order chi connectivity index (χ0) is 12.5. The van der Waals surface area contributed by atoms with E-state index < -0.39 is 0 Å². The second kappa shape index (κ2) is 4.11. The average molecular weight is 236 g/mol. The molecule has 0 atom stereocenters. The molecular weight excluding hydrogens is 224 g/mol. The maximum atomic E-state index is 11.4. The summed E-state index contributed by atoms with van der Waals surface area (Å²) in [6, 6.07) is 10.00. The van der Waals surface area contributed by atoms with E-state index in [-0.39, 0.29) is 5.78 Å². The van der Waals surface area contributed by atoms with Crippen molar-refractivity contribution < 1.29 is 4.79 Å². The number of nitrogens with zero attached hydrogens (tertiary/aromatic N) is 1. The fraction of sp³-hybridized carbons (Fsp3) is 0.0667. The standard InChI is InChI=1S/C15H12N2O/c1-10(18)14-9-17-15-8-12(2-3-13(14)15)11-4-6-16-7-5-11/h2-9,17H,1H3. The number of fused-ring (bicyclic) bond motifs is 1. The average Bonchev–Trinajstić information content (AvgIpc) is 2.82. The molecule has 0 aliphatic carbocycles. The molecule has 0 saturated carbocycles. The van der Waals surface area contributed by atoms with E-state index in [0.29, 0.717) is 0 Å². The lowest BCUT2D eigenvalue weighted by Gasteiger charge is -2.01. The van der Waals surface area contributed by atoms with Gasteiger partial charge in [0.1, 0.15) is 0 Å². The van der Waals surface area contributed by atoms with Crippen molar-refractivity contribution in [2.75, 3.05) is 0 Å². The van der Waals surface area contributed by atoms with Gasteiger partial charge in [-0.1, -0.05) is 12.1 Å². The maximum Gasteiger partial charge on any atom is 0.161 e. The third-order valence-electron chi connectivity index (χ3n) is 3.07. The van der Waals surface area contributed by atoms with Crippen molar-refractivity contribution in [3.05, 3.63) is 54.5 Å². The van der Waals surface area contributed by atoms with Gasteiger partial charge in [0, 0.05) is 35.1 Å². The number of benzene rings is 1. The SMILES string of the molecule is CC(=O)c1c[nH]c2cc(-c3ccncc3)ccc12. The van der Waals surface area contributed by atoms with Gasteiger partial charge in [-0.25, -0.2) is 0 Å². The van der Waals surface area contributed by atoms with E-state index in [4.69, 9.17) is 0 Å². The van der Waals surface area contributed by atoms with Crippen LogP contribution in [0.2, 0.25) is 0 Å². The molecule has 0 amide bonds. The van der Waals surface area contributed by atoms with Crippen molar-refractivity contribution in [1.82, 2.24) is 9.97 Å². The molecule has 1 aromatic carbocycles. The molecule has 0 bridgehead atoms. The minimum atomic E-state index is 0.0814. The van der Waals surface area contributed by atoms with E-state index in [1.807, 2.05) is 24.3 Å². The molecule has 3 nitrogen and oxygen atoms in total. The van der Waals surface area contributed by atoms with Crippen LogP contribution in [0.25, 0.3) is 22.0 Å². The minimum Gasteiger partial charge on any atom is -0.360 e. The molecule has 2 aromatic heterocycles. The van der Waals surface area contributed by atoms with Crippen LogP contribution in [-0.4, -0.2) is 15.8 Å². The lowest BCUT2D eigenvalue weighted by atomic mass is 10.0. The summed E-state index contributed by atoms with van der Waals surface area (Å²) in [7, 11) is 0. The summed E-state index contributed by atoms with van der Waals surface area (Å²) in [5.74, 6) is 0.0814. The number of Topliss-reactive ketones (excluding diaryl/α,β-unsaturated/α-hetero) is 1. The summed E-state index contributed by atoms with van der Waals surface area (Å²) < 4.78 is 0. The van der Waals surface area contributed by atoms with Gasteiger partial charge in [0.05, 0.1) is 0 Å². The normalized spacial score (nSPS) is 10.7. The molecule has 0 aliphatic rings. The van der Waals surface area contributed by atoms with Crippen LogP contribution in [0.15, 0.2) is 48.9 Å². The highest BCUT2D eigenvalue weighted by Crippen LogP contribution is 2.25.